The van der Waals surface area contributed by atoms with E-state index in [1.54, 1.807) is 25.1 Å². The lowest BCUT2D eigenvalue weighted by molar-refractivity contribution is 0.0664. The van der Waals surface area contributed by atoms with Crippen LogP contribution in [-0.2, 0) is 0 Å². The molecule has 0 aliphatic rings. The summed E-state index contributed by atoms with van der Waals surface area (Å²) in [7, 11) is 0. The van der Waals surface area contributed by atoms with E-state index in [1.807, 2.05) is 30.3 Å². The van der Waals surface area contributed by atoms with Crippen molar-refractivity contribution in [3.8, 4) is 11.5 Å². The molecule has 0 fully saturated rings. The fraction of sp³-hybridized carbons (Fsp3) is 0.286. The number of aliphatic hydroxyl groups excluding tert-OH is 1. The van der Waals surface area contributed by atoms with Crippen molar-refractivity contribution < 1.29 is 28.9 Å². The summed E-state index contributed by atoms with van der Waals surface area (Å²) in [5, 5.41) is 22.9. The van der Waals surface area contributed by atoms with Gasteiger partial charge < -0.3 is 29.4 Å². The Balaban J connectivity index is 1.40. The van der Waals surface area contributed by atoms with Crippen molar-refractivity contribution >= 4 is 16.9 Å². The van der Waals surface area contributed by atoms with Gasteiger partial charge in [0.25, 0.3) is 0 Å². The molecule has 3 aromatic rings. The number of para-hydroxylation sites is 1. The van der Waals surface area contributed by atoms with Gasteiger partial charge in [-0.15, -0.1) is 0 Å². The molecule has 0 radical (unpaired) electrons. The molecule has 28 heavy (non-hydrogen) atoms. The topological polar surface area (TPSA) is 101 Å². The molecule has 0 spiro atoms. The minimum Gasteiger partial charge on any atom is -0.492 e. The Hall–Kier alpha value is -3.03. The van der Waals surface area contributed by atoms with E-state index in [4.69, 9.17) is 19.0 Å². The van der Waals surface area contributed by atoms with Crippen LogP contribution in [0.25, 0.3) is 11.0 Å². The third kappa shape index (κ3) is 5.03. The van der Waals surface area contributed by atoms with Gasteiger partial charge in [-0.2, -0.15) is 0 Å². The number of rotatable bonds is 10. The van der Waals surface area contributed by atoms with Crippen LogP contribution in [0.1, 0.15) is 16.1 Å². The molecule has 3 rings (SSSR count). The molecule has 2 aromatic carbocycles. The number of carboxylic acids is 1. The Labute approximate surface area is 162 Å². The van der Waals surface area contributed by atoms with Crippen molar-refractivity contribution in [2.45, 2.75) is 13.0 Å². The number of furan rings is 1. The first kappa shape index (κ1) is 19.7. The summed E-state index contributed by atoms with van der Waals surface area (Å²) >= 11 is 0. The first-order chi connectivity index (χ1) is 13.5. The summed E-state index contributed by atoms with van der Waals surface area (Å²) < 4.78 is 16.5. The van der Waals surface area contributed by atoms with Crippen molar-refractivity contribution in [2.75, 3.05) is 26.3 Å². The summed E-state index contributed by atoms with van der Waals surface area (Å²) in [6.45, 7) is 3.25. The normalized spacial score (nSPS) is 12.1. The lowest BCUT2D eigenvalue weighted by Gasteiger charge is -2.13. The molecule has 1 heterocycles. The van der Waals surface area contributed by atoms with Gasteiger partial charge in [-0.3, -0.25) is 0 Å². The van der Waals surface area contributed by atoms with Gasteiger partial charge in [-0.25, -0.2) is 4.79 Å². The van der Waals surface area contributed by atoms with E-state index in [0.717, 1.165) is 11.1 Å². The van der Waals surface area contributed by atoms with Crippen LogP contribution in [-0.4, -0.2) is 48.6 Å². The van der Waals surface area contributed by atoms with Gasteiger partial charge in [0.05, 0.1) is 0 Å². The van der Waals surface area contributed by atoms with Crippen molar-refractivity contribution in [1.82, 2.24) is 5.32 Å². The number of carbonyl (C=O) groups is 1. The van der Waals surface area contributed by atoms with Gasteiger partial charge in [-0.05, 0) is 37.3 Å². The Morgan fingerprint density at radius 2 is 1.93 bits per heavy atom. The molecule has 0 bridgehead atoms. The van der Waals surface area contributed by atoms with Gasteiger partial charge in [0.1, 0.15) is 36.4 Å². The maximum Gasteiger partial charge on any atom is 0.372 e. The first-order valence-electron chi connectivity index (χ1n) is 9.00. The van der Waals surface area contributed by atoms with E-state index in [0.29, 0.717) is 36.6 Å². The molecule has 3 N–H and O–H groups in total. The van der Waals surface area contributed by atoms with Crippen LogP contribution in [0.3, 0.4) is 0 Å². The Bertz CT molecular complexity index is 921. The summed E-state index contributed by atoms with van der Waals surface area (Å²) in [6.07, 6.45) is -0.625. The molecule has 7 nitrogen and oxygen atoms in total. The van der Waals surface area contributed by atoms with E-state index in [2.05, 4.69) is 5.32 Å². The molecule has 0 saturated heterocycles. The highest BCUT2D eigenvalue weighted by atomic mass is 16.5. The van der Waals surface area contributed by atoms with Crippen LogP contribution in [0.15, 0.2) is 52.9 Å². The van der Waals surface area contributed by atoms with Crippen molar-refractivity contribution in [3.63, 3.8) is 0 Å². The number of aryl methyl sites for hydroxylation is 1. The number of carboxylic acid groups (broad SMARTS) is 1. The molecule has 148 valence electrons. The number of nitrogens with one attached hydrogen (secondary N) is 1. The molecule has 1 atom stereocenters. The van der Waals surface area contributed by atoms with Crippen molar-refractivity contribution in [1.29, 1.82) is 0 Å². The quantitative estimate of drug-likeness (QED) is 0.461. The van der Waals surface area contributed by atoms with Crippen LogP contribution >= 0.6 is 0 Å². The monoisotopic (exact) mass is 385 g/mol. The molecule has 0 aliphatic heterocycles. The molecule has 0 aliphatic carbocycles. The van der Waals surface area contributed by atoms with E-state index in [1.165, 1.54) is 0 Å². The Kier molecular flexibility index (Phi) is 6.52. The Morgan fingerprint density at radius 1 is 1.14 bits per heavy atom. The second kappa shape index (κ2) is 9.25. The fourth-order valence-electron chi connectivity index (χ4n) is 2.77. The predicted molar refractivity (Wildman–Crippen MR) is 104 cm³/mol. The minimum atomic E-state index is -1.09. The zero-order chi connectivity index (χ0) is 19.9. The smallest absolute Gasteiger partial charge is 0.372 e. The van der Waals surface area contributed by atoms with E-state index in [9.17, 15) is 9.90 Å². The highest BCUT2D eigenvalue weighted by molar-refractivity contribution is 5.95. The molecule has 7 heteroatoms. The van der Waals surface area contributed by atoms with Gasteiger partial charge >= 0.3 is 5.97 Å². The van der Waals surface area contributed by atoms with Crippen LogP contribution in [0.5, 0.6) is 11.5 Å². The fourth-order valence-corrected chi connectivity index (χ4v) is 2.77. The number of benzene rings is 2. The second-order valence-electron chi connectivity index (χ2n) is 6.35. The molecular weight excluding hydrogens is 362 g/mol. The number of aliphatic hydroxyl groups is 1. The third-order valence-electron chi connectivity index (χ3n) is 4.22. The number of hydrogen-bond acceptors (Lipinski definition) is 6. The highest BCUT2D eigenvalue weighted by Gasteiger charge is 2.16. The van der Waals surface area contributed by atoms with Gasteiger partial charge in [0.15, 0.2) is 0 Å². The summed E-state index contributed by atoms with van der Waals surface area (Å²) in [4.78, 5) is 11.1. The SMILES string of the molecule is Cc1c(C(=O)O)oc2ccc(OCCNC[C@H](O)COc3ccccc3)cc12. The number of aromatic carboxylic acids is 1. The summed E-state index contributed by atoms with van der Waals surface area (Å²) in [5.41, 5.74) is 1.09. The molecule has 0 amide bonds. The van der Waals surface area contributed by atoms with Gasteiger partial charge in [0, 0.05) is 24.0 Å². The number of fused-ring (bicyclic) bond motifs is 1. The van der Waals surface area contributed by atoms with Crippen LogP contribution in [0.2, 0.25) is 0 Å². The molecule has 0 unspecified atom stereocenters. The minimum absolute atomic E-state index is 0.0551. The number of ether oxygens (including phenoxy) is 2. The average molecular weight is 385 g/mol. The maximum absolute atomic E-state index is 11.1. The zero-order valence-corrected chi connectivity index (χ0v) is 15.6. The predicted octanol–water partition coefficient (Wildman–Crippen LogP) is 2.85. The third-order valence-corrected chi connectivity index (χ3v) is 4.22. The van der Waals surface area contributed by atoms with Crippen LogP contribution < -0.4 is 14.8 Å². The second-order valence-corrected chi connectivity index (χ2v) is 6.35. The van der Waals surface area contributed by atoms with Crippen LogP contribution in [0, 0.1) is 6.92 Å². The van der Waals surface area contributed by atoms with Gasteiger partial charge in [-0.1, -0.05) is 18.2 Å². The van der Waals surface area contributed by atoms with E-state index in [-0.39, 0.29) is 12.4 Å². The largest absolute Gasteiger partial charge is 0.492 e. The molecule has 0 saturated carbocycles. The summed E-state index contributed by atoms with van der Waals surface area (Å²) in [5.74, 6) is 0.208. The first-order valence-corrected chi connectivity index (χ1v) is 9.00. The maximum atomic E-state index is 11.1. The average Bonchev–Trinajstić information content (AvgIpc) is 3.03. The highest BCUT2D eigenvalue weighted by Crippen LogP contribution is 2.28. The Morgan fingerprint density at radius 3 is 2.68 bits per heavy atom. The van der Waals surface area contributed by atoms with Crippen molar-refractivity contribution in [3.05, 3.63) is 59.9 Å². The van der Waals surface area contributed by atoms with E-state index < -0.39 is 12.1 Å². The molecule has 1 aromatic heterocycles. The standard InChI is InChI=1S/C21H23NO6/c1-14-18-11-17(7-8-19(18)28-20(14)21(24)25)26-10-9-22-12-15(23)13-27-16-5-3-2-4-6-16/h2-8,11,15,22-23H,9-10,12-13H2,1H3,(H,24,25)/t15-/m0/s1. The van der Waals surface area contributed by atoms with Gasteiger partial charge in [0.2, 0.25) is 5.76 Å². The lowest BCUT2D eigenvalue weighted by atomic mass is 10.1. The summed E-state index contributed by atoms with van der Waals surface area (Å²) in [6, 6.07) is 14.5. The van der Waals surface area contributed by atoms with E-state index >= 15 is 0 Å². The lowest BCUT2D eigenvalue weighted by Crippen LogP contribution is -2.33. The van der Waals surface area contributed by atoms with Crippen LogP contribution in [0.4, 0.5) is 0 Å². The zero-order valence-electron chi connectivity index (χ0n) is 15.6. The number of hydrogen-bond donors (Lipinski definition) is 3. The van der Waals surface area contributed by atoms with Crippen molar-refractivity contribution in [2.24, 2.45) is 0 Å². The molecular formula is C21H23NO6.